The summed E-state index contributed by atoms with van der Waals surface area (Å²) in [5, 5.41) is 0. The highest BCUT2D eigenvalue weighted by Gasteiger charge is 2.19. The fraction of sp³-hybridized carbons (Fsp3) is 0.0769. The van der Waals surface area contributed by atoms with Crippen LogP contribution in [0.2, 0.25) is 0 Å². The third-order valence-electron chi connectivity index (χ3n) is 2.64. The third kappa shape index (κ3) is 3.29. The molecule has 0 aliphatic carbocycles. The van der Waals surface area contributed by atoms with Gasteiger partial charge in [0.1, 0.15) is 16.5 Å². The van der Waals surface area contributed by atoms with E-state index in [9.17, 15) is 17.2 Å². The molecule has 0 fully saturated rings. The van der Waals surface area contributed by atoms with Crippen molar-refractivity contribution in [2.75, 3.05) is 12.8 Å². The first-order valence-electron chi connectivity index (χ1n) is 5.79. The van der Waals surface area contributed by atoms with Gasteiger partial charge < -0.3 is 10.5 Å². The van der Waals surface area contributed by atoms with E-state index in [1.165, 1.54) is 25.2 Å². The molecule has 0 bridgehead atoms. The minimum absolute atomic E-state index is 0.121. The zero-order chi connectivity index (χ0) is 15.6. The highest BCUT2D eigenvalue weighted by Crippen LogP contribution is 2.31. The number of nitrogens with two attached hydrogens (primary N) is 1. The number of benzene rings is 2. The summed E-state index contributed by atoms with van der Waals surface area (Å²) < 4.78 is 57.6. The van der Waals surface area contributed by atoms with E-state index >= 15 is 0 Å². The average Bonchev–Trinajstić information content (AvgIpc) is 2.43. The van der Waals surface area contributed by atoms with Crippen LogP contribution in [0.1, 0.15) is 0 Å². The average molecular weight is 314 g/mol. The van der Waals surface area contributed by atoms with E-state index in [2.05, 4.69) is 4.72 Å². The molecule has 2 aromatic rings. The zero-order valence-corrected chi connectivity index (χ0v) is 11.7. The summed E-state index contributed by atoms with van der Waals surface area (Å²) >= 11 is 0. The van der Waals surface area contributed by atoms with Gasteiger partial charge in [-0.15, -0.1) is 0 Å². The molecule has 0 saturated heterocycles. The number of hydrogen-bond donors (Lipinski definition) is 2. The lowest BCUT2D eigenvalue weighted by atomic mass is 10.3. The number of rotatable bonds is 4. The molecular weight excluding hydrogens is 302 g/mol. The number of sulfonamides is 1. The fourth-order valence-corrected chi connectivity index (χ4v) is 2.49. The standard InChI is InChI=1S/C13H12F2N2O3S/c1-17-21(18,19)13-7-9(16)3-5-12(13)20-11-4-2-8(14)6-10(11)15/h2-7,17H,16H2,1H3. The van der Waals surface area contributed by atoms with Crippen LogP contribution < -0.4 is 15.2 Å². The van der Waals surface area contributed by atoms with Crippen molar-refractivity contribution in [2.45, 2.75) is 4.90 Å². The topological polar surface area (TPSA) is 81.4 Å². The number of halogens is 2. The molecule has 5 nitrogen and oxygen atoms in total. The summed E-state index contributed by atoms with van der Waals surface area (Å²) in [4.78, 5) is -0.242. The molecule has 0 amide bonds. The van der Waals surface area contributed by atoms with Gasteiger partial charge in [-0.25, -0.2) is 21.9 Å². The molecule has 0 unspecified atom stereocenters. The molecule has 0 aliphatic heterocycles. The SMILES string of the molecule is CNS(=O)(=O)c1cc(N)ccc1Oc1ccc(F)cc1F. The van der Waals surface area contributed by atoms with Crippen LogP contribution in [0.5, 0.6) is 11.5 Å². The zero-order valence-electron chi connectivity index (χ0n) is 10.9. The summed E-state index contributed by atoms with van der Waals surface area (Å²) in [6.07, 6.45) is 0. The van der Waals surface area contributed by atoms with Crippen LogP contribution in [0.15, 0.2) is 41.3 Å². The molecule has 2 aromatic carbocycles. The molecule has 0 radical (unpaired) electrons. The monoisotopic (exact) mass is 314 g/mol. The highest BCUT2D eigenvalue weighted by molar-refractivity contribution is 7.89. The molecule has 8 heteroatoms. The quantitative estimate of drug-likeness (QED) is 0.848. The number of nitrogens with one attached hydrogen (secondary N) is 1. The van der Waals surface area contributed by atoms with Crippen molar-refractivity contribution >= 4 is 15.7 Å². The molecule has 0 heterocycles. The number of nitrogen functional groups attached to an aromatic ring is 1. The van der Waals surface area contributed by atoms with Gasteiger partial charge in [-0.1, -0.05) is 0 Å². The Morgan fingerprint density at radius 1 is 1.10 bits per heavy atom. The minimum Gasteiger partial charge on any atom is -0.453 e. The maximum Gasteiger partial charge on any atom is 0.244 e. The Kier molecular flexibility index (Phi) is 4.10. The van der Waals surface area contributed by atoms with Gasteiger partial charge in [-0.3, -0.25) is 0 Å². The maximum atomic E-state index is 13.6. The van der Waals surface area contributed by atoms with Crippen molar-refractivity contribution in [1.82, 2.24) is 4.72 Å². The molecule has 0 aliphatic rings. The second kappa shape index (κ2) is 5.66. The van der Waals surface area contributed by atoms with Crippen molar-refractivity contribution in [1.29, 1.82) is 0 Å². The molecule has 0 spiro atoms. The van der Waals surface area contributed by atoms with Crippen LogP contribution in [0, 0.1) is 11.6 Å². The smallest absolute Gasteiger partial charge is 0.244 e. The van der Waals surface area contributed by atoms with E-state index in [1.807, 2.05) is 0 Å². The molecular formula is C13H12F2N2O3S. The fourth-order valence-electron chi connectivity index (χ4n) is 1.61. The molecule has 2 rings (SSSR count). The Bertz CT molecular complexity index is 779. The van der Waals surface area contributed by atoms with Crippen LogP contribution in [0.25, 0.3) is 0 Å². The van der Waals surface area contributed by atoms with E-state index in [0.717, 1.165) is 12.1 Å². The van der Waals surface area contributed by atoms with E-state index in [0.29, 0.717) is 6.07 Å². The van der Waals surface area contributed by atoms with Gasteiger partial charge in [0.05, 0.1) is 0 Å². The lowest BCUT2D eigenvalue weighted by molar-refractivity contribution is 0.427. The number of anilines is 1. The first-order chi connectivity index (χ1) is 9.83. The predicted octanol–water partition coefficient (Wildman–Crippen LogP) is 2.25. The van der Waals surface area contributed by atoms with Gasteiger partial charge in [0, 0.05) is 11.8 Å². The molecule has 3 N–H and O–H groups in total. The molecule has 0 saturated carbocycles. The Labute approximate surface area is 120 Å². The maximum absolute atomic E-state index is 13.6. The second-order valence-corrected chi connectivity index (χ2v) is 5.95. The predicted molar refractivity (Wildman–Crippen MR) is 73.5 cm³/mol. The van der Waals surface area contributed by atoms with Crippen molar-refractivity contribution in [3.05, 3.63) is 48.0 Å². The first kappa shape index (κ1) is 15.2. The van der Waals surface area contributed by atoms with Crippen LogP contribution >= 0.6 is 0 Å². The summed E-state index contributed by atoms with van der Waals surface area (Å²) in [6, 6.07) is 6.59. The van der Waals surface area contributed by atoms with Gasteiger partial charge in [-0.2, -0.15) is 0 Å². The van der Waals surface area contributed by atoms with Gasteiger partial charge in [0.2, 0.25) is 10.0 Å². The lowest BCUT2D eigenvalue weighted by Crippen LogP contribution is -2.19. The summed E-state index contributed by atoms with van der Waals surface area (Å²) in [5.74, 6) is -2.13. The van der Waals surface area contributed by atoms with Crippen molar-refractivity contribution < 1.29 is 21.9 Å². The summed E-state index contributed by atoms with van der Waals surface area (Å²) in [5.41, 5.74) is 5.75. The van der Waals surface area contributed by atoms with Gasteiger partial charge >= 0.3 is 0 Å². The largest absolute Gasteiger partial charge is 0.453 e. The first-order valence-corrected chi connectivity index (χ1v) is 7.28. The van der Waals surface area contributed by atoms with Crippen LogP contribution in [-0.4, -0.2) is 15.5 Å². The Balaban J connectivity index is 2.50. The van der Waals surface area contributed by atoms with E-state index in [-0.39, 0.29) is 22.1 Å². The number of hydrogen-bond acceptors (Lipinski definition) is 4. The van der Waals surface area contributed by atoms with Crippen molar-refractivity contribution in [2.24, 2.45) is 0 Å². The number of ether oxygens (including phenoxy) is 1. The second-order valence-electron chi connectivity index (χ2n) is 4.09. The molecule has 0 aromatic heterocycles. The molecule has 21 heavy (non-hydrogen) atoms. The normalized spacial score (nSPS) is 11.4. The third-order valence-corrected chi connectivity index (χ3v) is 4.08. The highest BCUT2D eigenvalue weighted by atomic mass is 32.2. The Hall–Kier alpha value is -2.19. The molecule has 0 atom stereocenters. The van der Waals surface area contributed by atoms with E-state index in [4.69, 9.17) is 10.5 Å². The molecule has 112 valence electrons. The minimum atomic E-state index is -3.84. The lowest BCUT2D eigenvalue weighted by Gasteiger charge is -2.12. The summed E-state index contributed by atoms with van der Waals surface area (Å²) in [6.45, 7) is 0. The van der Waals surface area contributed by atoms with Gasteiger partial charge in [0.15, 0.2) is 11.6 Å². The Morgan fingerprint density at radius 2 is 1.76 bits per heavy atom. The Morgan fingerprint density at radius 3 is 2.38 bits per heavy atom. The van der Waals surface area contributed by atoms with Crippen molar-refractivity contribution in [3.63, 3.8) is 0 Å². The van der Waals surface area contributed by atoms with Crippen molar-refractivity contribution in [3.8, 4) is 11.5 Å². The van der Waals surface area contributed by atoms with Crippen LogP contribution in [0.4, 0.5) is 14.5 Å². The van der Waals surface area contributed by atoms with Crippen LogP contribution in [-0.2, 0) is 10.0 Å². The summed E-state index contributed by atoms with van der Waals surface area (Å²) in [7, 11) is -2.62. The van der Waals surface area contributed by atoms with Crippen LogP contribution in [0.3, 0.4) is 0 Å². The van der Waals surface area contributed by atoms with E-state index in [1.54, 1.807) is 0 Å². The van der Waals surface area contributed by atoms with E-state index < -0.39 is 21.7 Å². The van der Waals surface area contributed by atoms with Gasteiger partial charge in [-0.05, 0) is 37.4 Å². The van der Waals surface area contributed by atoms with Gasteiger partial charge in [0.25, 0.3) is 0 Å².